The maximum absolute atomic E-state index is 13.1. The molecule has 4 rings (SSSR count). The Morgan fingerprint density at radius 3 is 2.08 bits per heavy atom. The number of nitrogens with zero attached hydrogens (tertiary/aromatic N) is 2. The van der Waals surface area contributed by atoms with Gasteiger partial charge in [-0.3, -0.25) is 4.79 Å². The minimum atomic E-state index is -0.292. The average molecular weight is 341 g/mol. The number of carbonyl (C=O) groups is 1. The van der Waals surface area contributed by atoms with E-state index in [1.807, 2.05) is 35.2 Å². The van der Waals surface area contributed by atoms with E-state index in [-0.39, 0.29) is 11.3 Å². The second-order valence-corrected chi connectivity index (χ2v) is 7.14. The topological polar surface area (TPSA) is 23.6 Å². The van der Waals surface area contributed by atoms with E-state index < -0.39 is 0 Å². The van der Waals surface area contributed by atoms with Gasteiger partial charge in [0.1, 0.15) is 0 Å². The number of carbonyl (C=O) groups excluding carboxylic acids is 1. The van der Waals surface area contributed by atoms with Gasteiger partial charge in [-0.2, -0.15) is 0 Å². The summed E-state index contributed by atoms with van der Waals surface area (Å²) in [6, 6.07) is 18.2. The molecule has 1 saturated heterocycles. The molecule has 2 aromatic carbocycles. The van der Waals surface area contributed by atoms with Crippen molar-refractivity contribution in [2.45, 2.75) is 18.3 Å². The number of benzene rings is 2. The second-order valence-electron chi connectivity index (χ2n) is 6.70. The number of hydrogen-bond donors (Lipinski definition) is 0. The maximum Gasteiger partial charge on any atom is 0.233 e. The minimum absolute atomic E-state index is 0.289. The largest absolute Gasteiger partial charge is 0.368 e. The SMILES string of the molecule is O=C(N1CCN(c2ccccc2)CC1)C1(c2ccc(Cl)cc2)CC1. The van der Waals surface area contributed by atoms with Gasteiger partial charge in [0.25, 0.3) is 0 Å². The molecule has 4 heteroatoms. The van der Waals surface area contributed by atoms with Crippen molar-refractivity contribution >= 4 is 23.2 Å². The molecular formula is C20H21ClN2O. The van der Waals surface area contributed by atoms with Crippen molar-refractivity contribution in [2.75, 3.05) is 31.1 Å². The lowest BCUT2D eigenvalue weighted by Crippen LogP contribution is -2.51. The highest BCUT2D eigenvalue weighted by atomic mass is 35.5. The van der Waals surface area contributed by atoms with Crippen LogP contribution in [0.2, 0.25) is 5.02 Å². The Bertz CT molecular complexity index is 717. The van der Waals surface area contributed by atoms with Gasteiger partial charge in [-0.1, -0.05) is 41.9 Å². The molecule has 3 nitrogen and oxygen atoms in total. The number of para-hydroxylation sites is 1. The number of anilines is 1. The van der Waals surface area contributed by atoms with Gasteiger partial charge in [-0.15, -0.1) is 0 Å². The van der Waals surface area contributed by atoms with Crippen molar-refractivity contribution in [3.05, 3.63) is 65.2 Å². The quantitative estimate of drug-likeness (QED) is 0.850. The molecule has 0 aromatic heterocycles. The molecule has 1 amide bonds. The molecule has 1 heterocycles. The van der Waals surface area contributed by atoms with Gasteiger partial charge in [0.05, 0.1) is 5.41 Å². The standard InChI is InChI=1S/C20H21ClN2O/c21-17-8-6-16(7-9-17)20(10-11-20)19(24)23-14-12-22(13-15-23)18-4-2-1-3-5-18/h1-9H,10-15H2. The molecule has 0 unspecified atom stereocenters. The molecule has 124 valence electrons. The van der Waals surface area contributed by atoms with E-state index in [1.54, 1.807) is 0 Å². The molecule has 0 radical (unpaired) electrons. The van der Waals surface area contributed by atoms with Crippen LogP contribution in [0.1, 0.15) is 18.4 Å². The molecule has 2 fully saturated rings. The van der Waals surface area contributed by atoms with Gasteiger partial charge in [-0.25, -0.2) is 0 Å². The van der Waals surface area contributed by atoms with E-state index in [2.05, 4.69) is 29.2 Å². The molecule has 1 aliphatic carbocycles. The van der Waals surface area contributed by atoms with E-state index in [4.69, 9.17) is 11.6 Å². The number of hydrogen-bond acceptors (Lipinski definition) is 2. The van der Waals surface area contributed by atoms with E-state index in [0.29, 0.717) is 0 Å². The first-order valence-corrected chi connectivity index (χ1v) is 8.92. The third kappa shape index (κ3) is 2.78. The van der Waals surface area contributed by atoms with E-state index in [9.17, 15) is 4.79 Å². The normalized spacial score (nSPS) is 19.2. The third-order valence-electron chi connectivity index (χ3n) is 5.24. The van der Waals surface area contributed by atoms with Gasteiger partial charge in [0, 0.05) is 36.9 Å². The highest BCUT2D eigenvalue weighted by molar-refractivity contribution is 6.30. The van der Waals surface area contributed by atoms with Crippen LogP contribution < -0.4 is 4.90 Å². The summed E-state index contributed by atoms with van der Waals surface area (Å²) in [4.78, 5) is 17.5. The van der Waals surface area contributed by atoms with Crippen molar-refractivity contribution < 1.29 is 4.79 Å². The minimum Gasteiger partial charge on any atom is -0.368 e. The van der Waals surface area contributed by atoms with E-state index in [0.717, 1.165) is 49.6 Å². The molecule has 0 atom stereocenters. The van der Waals surface area contributed by atoms with Crippen LogP contribution in [0.3, 0.4) is 0 Å². The lowest BCUT2D eigenvalue weighted by atomic mass is 9.94. The predicted molar refractivity (Wildman–Crippen MR) is 97.6 cm³/mol. The second kappa shape index (κ2) is 6.14. The first-order chi connectivity index (χ1) is 11.7. The summed E-state index contributed by atoms with van der Waals surface area (Å²) in [5.41, 5.74) is 2.06. The lowest BCUT2D eigenvalue weighted by Gasteiger charge is -2.37. The highest BCUT2D eigenvalue weighted by Crippen LogP contribution is 2.49. The third-order valence-corrected chi connectivity index (χ3v) is 5.50. The number of halogens is 1. The number of piperazine rings is 1. The summed E-state index contributed by atoms with van der Waals surface area (Å²) in [7, 11) is 0. The molecule has 2 aromatic rings. The summed E-state index contributed by atoms with van der Waals surface area (Å²) in [5.74, 6) is 0.289. The van der Waals surface area contributed by atoms with Crippen LogP contribution in [-0.4, -0.2) is 37.0 Å². The molecule has 1 aliphatic heterocycles. The first-order valence-electron chi connectivity index (χ1n) is 8.54. The van der Waals surface area contributed by atoms with Crippen LogP contribution in [0.15, 0.2) is 54.6 Å². The zero-order valence-electron chi connectivity index (χ0n) is 13.6. The molecule has 24 heavy (non-hydrogen) atoms. The van der Waals surface area contributed by atoms with E-state index in [1.165, 1.54) is 5.69 Å². The van der Waals surface area contributed by atoms with Gasteiger partial charge >= 0.3 is 0 Å². The fraction of sp³-hybridized carbons (Fsp3) is 0.350. The summed E-state index contributed by atoms with van der Waals surface area (Å²) in [6.07, 6.45) is 1.90. The first kappa shape index (κ1) is 15.5. The van der Waals surface area contributed by atoms with Gasteiger partial charge in [0.15, 0.2) is 0 Å². The fourth-order valence-electron chi connectivity index (χ4n) is 3.63. The summed E-state index contributed by atoms with van der Waals surface area (Å²) in [5, 5.41) is 0.721. The molecule has 0 N–H and O–H groups in total. The Balaban J connectivity index is 1.44. The Kier molecular flexibility index (Phi) is 3.97. The zero-order valence-corrected chi connectivity index (χ0v) is 14.4. The van der Waals surface area contributed by atoms with Crippen molar-refractivity contribution in [2.24, 2.45) is 0 Å². The lowest BCUT2D eigenvalue weighted by molar-refractivity contribution is -0.134. The van der Waals surface area contributed by atoms with Crippen LogP contribution >= 0.6 is 11.6 Å². The van der Waals surface area contributed by atoms with Crippen molar-refractivity contribution in [3.8, 4) is 0 Å². The van der Waals surface area contributed by atoms with Gasteiger partial charge < -0.3 is 9.80 Å². The van der Waals surface area contributed by atoms with Crippen molar-refractivity contribution in [3.63, 3.8) is 0 Å². The molecule has 0 bridgehead atoms. The van der Waals surface area contributed by atoms with Crippen molar-refractivity contribution in [1.82, 2.24) is 4.90 Å². The summed E-state index contributed by atoms with van der Waals surface area (Å²) >= 11 is 5.98. The number of amides is 1. The summed E-state index contributed by atoms with van der Waals surface area (Å²) in [6.45, 7) is 3.38. The zero-order chi connectivity index (χ0) is 16.6. The Labute approximate surface area is 147 Å². The Morgan fingerprint density at radius 2 is 1.50 bits per heavy atom. The average Bonchev–Trinajstić information content (AvgIpc) is 3.44. The van der Waals surface area contributed by atoms with Crippen LogP contribution in [0.4, 0.5) is 5.69 Å². The van der Waals surface area contributed by atoms with Crippen molar-refractivity contribution in [1.29, 1.82) is 0 Å². The highest BCUT2D eigenvalue weighted by Gasteiger charge is 2.53. The Morgan fingerprint density at radius 1 is 0.875 bits per heavy atom. The molecule has 0 spiro atoms. The van der Waals surface area contributed by atoms with Crippen LogP contribution in [0, 0.1) is 0 Å². The predicted octanol–water partition coefficient (Wildman–Crippen LogP) is 3.72. The van der Waals surface area contributed by atoms with Gasteiger partial charge in [0.2, 0.25) is 5.91 Å². The van der Waals surface area contributed by atoms with Crippen LogP contribution in [0.5, 0.6) is 0 Å². The molecular weight excluding hydrogens is 320 g/mol. The fourth-order valence-corrected chi connectivity index (χ4v) is 3.76. The van der Waals surface area contributed by atoms with Gasteiger partial charge in [-0.05, 0) is 42.7 Å². The smallest absolute Gasteiger partial charge is 0.233 e. The monoisotopic (exact) mass is 340 g/mol. The number of rotatable bonds is 3. The van der Waals surface area contributed by atoms with Crippen LogP contribution in [-0.2, 0) is 10.2 Å². The van der Waals surface area contributed by atoms with Crippen LogP contribution in [0.25, 0.3) is 0 Å². The molecule has 1 saturated carbocycles. The summed E-state index contributed by atoms with van der Waals surface area (Å²) < 4.78 is 0. The molecule has 2 aliphatic rings. The van der Waals surface area contributed by atoms with E-state index >= 15 is 0 Å². The maximum atomic E-state index is 13.1. The Hall–Kier alpha value is -2.00.